The summed E-state index contributed by atoms with van der Waals surface area (Å²) in [7, 11) is 4.12. The summed E-state index contributed by atoms with van der Waals surface area (Å²) in [5, 5.41) is 0. The highest BCUT2D eigenvalue weighted by atomic mass is 16.5. The topological polar surface area (TPSA) is 42.0 Å². The van der Waals surface area contributed by atoms with Crippen LogP contribution in [0, 0.1) is 0 Å². The highest BCUT2D eigenvalue weighted by molar-refractivity contribution is 5.81. The summed E-state index contributed by atoms with van der Waals surface area (Å²) < 4.78 is 12.2. The first-order valence-corrected chi connectivity index (χ1v) is 9.90. The Morgan fingerprint density at radius 1 is 1.23 bits per heavy atom. The average molecular weight is 358 g/mol. The number of benzene rings is 1. The van der Waals surface area contributed by atoms with Gasteiger partial charge >= 0.3 is 0 Å². The van der Waals surface area contributed by atoms with Crippen LogP contribution in [0.3, 0.4) is 0 Å². The number of amides is 1. The molecule has 1 spiro atoms. The Morgan fingerprint density at radius 3 is 2.73 bits per heavy atom. The second-order valence-electron chi connectivity index (χ2n) is 8.25. The van der Waals surface area contributed by atoms with Crippen LogP contribution in [0.15, 0.2) is 24.3 Å². The van der Waals surface area contributed by atoms with Crippen LogP contribution < -0.4 is 4.74 Å². The number of carbonyl (C=O) groups is 1. The minimum atomic E-state index is -0.219. The van der Waals surface area contributed by atoms with Crippen LogP contribution in [0.25, 0.3) is 0 Å². The van der Waals surface area contributed by atoms with Crippen molar-refractivity contribution in [2.45, 2.75) is 62.8 Å². The maximum Gasteiger partial charge on any atom is 0.251 e. The van der Waals surface area contributed by atoms with Crippen LogP contribution in [-0.4, -0.2) is 60.7 Å². The number of fused-ring (bicyclic) bond motifs is 1. The van der Waals surface area contributed by atoms with E-state index in [-0.39, 0.29) is 17.6 Å². The van der Waals surface area contributed by atoms with Crippen LogP contribution in [0.1, 0.15) is 44.1 Å². The van der Waals surface area contributed by atoms with Gasteiger partial charge in [-0.25, -0.2) is 0 Å². The molecule has 5 heteroatoms. The van der Waals surface area contributed by atoms with Crippen molar-refractivity contribution in [3.63, 3.8) is 0 Å². The van der Waals surface area contributed by atoms with Crippen LogP contribution in [0.2, 0.25) is 0 Å². The lowest BCUT2D eigenvalue weighted by Crippen LogP contribution is -2.52. The van der Waals surface area contributed by atoms with Crippen molar-refractivity contribution in [1.82, 2.24) is 9.80 Å². The number of carbonyl (C=O) groups excluding carboxylic acids is 1. The average Bonchev–Trinajstić information content (AvgIpc) is 3.13. The summed E-state index contributed by atoms with van der Waals surface area (Å²) in [5.74, 6) is 1.19. The van der Waals surface area contributed by atoms with Gasteiger partial charge < -0.3 is 14.4 Å². The van der Waals surface area contributed by atoms with Crippen LogP contribution >= 0.6 is 0 Å². The third-order valence-corrected chi connectivity index (χ3v) is 6.26. The van der Waals surface area contributed by atoms with Gasteiger partial charge in [0.05, 0.1) is 0 Å². The molecule has 4 rings (SSSR count). The number of hydrogen-bond donors (Lipinski definition) is 0. The summed E-state index contributed by atoms with van der Waals surface area (Å²) in [6.45, 7) is 2.59. The molecule has 3 aliphatic rings. The molecule has 0 aromatic heterocycles. The van der Waals surface area contributed by atoms with E-state index in [9.17, 15) is 4.79 Å². The van der Waals surface area contributed by atoms with Crippen molar-refractivity contribution >= 4 is 5.91 Å². The van der Waals surface area contributed by atoms with Gasteiger partial charge in [0.2, 0.25) is 0 Å². The number of likely N-dealkylation sites (N-methyl/N-ethyl adjacent to an activating group) is 2. The van der Waals surface area contributed by atoms with Crippen molar-refractivity contribution in [2.24, 2.45) is 0 Å². The molecule has 1 saturated carbocycles. The van der Waals surface area contributed by atoms with Gasteiger partial charge in [-0.05, 0) is 51.6 Å². The predicted molar refractivity (Wildman–Crippen MR) is 100 cm³/mol. The maximum atomic E-state index is 12.6. The van der Waals surface area contributed by atoms with E-state index in [1.54, 1.807) is 0 Å². The molecule has 5 nitrogen and oxygen atoms in total. The van der Waals surface area contributed by atoms with Crippen molar-refractivity contribution in [2.75, 3.05) is 27.2 Å². The third-order valence-electron chi connectivity index (χ3n) is 6.26. The molecule has 1 amide bonds. The SMILES string of the molecule is CN1Cc2ccccc2OC2(CCC(N(C)C(=O)[C@H]3CCCO3)CC2)C1. The second-order valence-corrected chi connectivity index (χ2v) is 8.25. The van der Waals surface area contributed by atoms with E-state index in [1.165, 1.54) is 5.56 Å². The molecule has 1 aromatic carbocycles. The van der Waals surface area contributed by atoms with Gasteiger partial charge in [-0.3, -0.25) is 9.69 Å². The van der Waals surface area contributed by atoms with Gasteiger partial charge in [0.1, 0.15) is 17.5 Å². The fourth-order valence-electron chi connectivity index (χ4n) is 4.79. The molecule has 2 aliphatic heterocycles. The molecular weight excluding hydrogens is 328 g/mol. The van der Waals surface area contributed by atoms with Crippen molar-refractivity contribution in [1.29, 1.82) is 0 Å². The zero-order valence-corrected chi connectivity index (χ0v) is 15.9. The Balaban J connectivity index is 1.43. The Morgan fingerprint density at radius 2 is 2.00 bits per heavy atom. The minimum absolute atomic E-state index is 0.133. The normalized spacial score (nSPS) is 31.9. The molecule has 1 aromatic rings. The highest BCUT2D eigenvalue weighted by Gasteiger charge is 2.42. The van der Waals surface area contributed by atoms with E-state index in [2.05, 4.69) is 36.2 Å². The van der Waals surface area contributed by atoms with Gasteiger partial charge in [0.15, 0.2) is 0 Å². The molecule has 1 atom stereocenters. The Hall–Kier alpha value is -1.59. The van der Waals surface area contributed by atoms with Crippen LogP contribution in [0.4, 0.5) is 0 Å². The summed E-state index contributed by atoms with van der Waals surface area (Å²) >= 11 is 0. The molecule has 2 heterocycles. The first-order chi connectivity index (χ1) is 12.6. The molecule has 0 N–H and O–H groups in total. The quantitative estimate of drug-likeness (QED) is 0.815. The Labute approximate surface area is 156 Å². The predicted octanol–water partition coefficient (Wildman–Crippen LogP) is 2.83. The van der Waals surface area contributed by atoms with Crippen LogP contribution in [-0.2, 0) is 16.1 Å². The minimum Gasteiger partial charge on any atom is -0.486 e. The lowest BCUT2D eigenvalue weighted by atomic mass is 9.81. The third kappa shape index (κ3) is 3.47. The van der Waals surface area contributed by atoms with E-state index in [0.717, 1.165) is 64.0 Å². The molecule has 26 heavy (non-hydrogen) atoms. The van der Waals surface area contributed by atoms with E-state index < -0.39 is 0 Å². The standard InChI is InChI=1S/C21H30N2O3/c1-22-14-16-6-3-4-7-18(16)26-21(15-22)11-9-17(10-12-21)23(2)20(24)19-8-5-13-25-19/h3-4,6-7,17,19H,5,8-15H2,1-2H3/t17?,19-,21?/m1/s1. The Kier molecular flexibility index (Phi) is 4.93. The number of hydrogen-bond acceptors (Lipinski definition) is 4. The first-order valence-electron chi connectivity index (χ1n) is 9.90. The monoisotopic (exact) mass is 358 g/mol. The summed E-state index contributed by atoms with van der Waals surface area (Å²) in [6, 6.07) is 8.68. The molecule has 0 bridgehead atoms. The summed E-state index contributed by atoms with van der Waals surface area (Å²) in [5.41, 5.74) is 1.13. The Bertz CT molecular complexity index is 648. The number of rotatable bonds is 2. The van der Waals surface area contributed by atoms with Crippen molar-refractivity contribution in [3.05, 3.63) is 29.8 Å². The molecule has 142 valence electrons. The lowest BCUT2D eigenvalue weighted by Gasteiger charge is -2.43. The summed E-state index contributed by atoms with van der Waals surface area (Å²) in [4.78, 5) is 17.0. The second kappa shape index (κ2) is 7.20. The molecule has 2 fully saturated rings. The summed E-state index contributed by atoms with van der Waals surface area (Å²) in [6.07, 6.45) is 5.60. The highest BCUT2D eigenvalue weighted by Crippen LogP contribution is 2.39. The first kappa shape index (κ1) is 17.8. The fraction of sp³-hybridized carbons (Fsp3) is 0.667. The molecule has 1 saturated heterocycles. The molecular formula is C21H30N2O3. The van der Waals surface area contributed by atoms with E-state index in [0.29, 0.717) is 6.04 Å². The molecule has 0 radical (unpaired) electrons. The van der Waals surface area contributed by atoms with Crippen molar-refractivity contribution < 1.29 is 14.3 Å². The molecule has 0 unspecified atom stereocenters. The fourth-order valence-corrected chi connectivity index (χ4v) is 4.79. The number of para-hydroxylation sites is 1. The lowest BCUT2D eigenvalue weighted by molar-refractivity contribution is -0.143. The van der Waals surface area contributed by atoms with Gasteiger partial charge in [0, 0.05) is 38.3 Å². The smallest absolute Gasteiger partial charge is 0.251 e. The van der Waals surface area contributed by atoms with E-state index in [4.69, 9.17) is 9.47 Å². The van der Waals surface area contributed by atoms with Gasteiger partial charge in [-0.1, -0.05) is 18.2 Å². The zero-order chi connectivity index (χ0) is 18.1. The van der Waals surface area contributed by atoms with Crippen molar-refractivity contribution in [3.8, 4) is 5.75 Å². The van der Waals surface area contributed by atoms with Crippen LogP contribution in [0.5, 0.6) is 5.75 Å². The largest absolute Gasteiger partial charge is 0.486 e. The van der Waals surface area contributed by atoms with Gasteiger partial charge in [-0.15, -0.1) is 0 Å². The number of ether oxygens (including phenoxy) is 2. The van der Waals surface area contributed by atoms with E-state index in [1.807, 2.05) is 11.9 Å². The zero-order valence-electron chi connectivity index (χ0n) is 15.9. The molecule has 1 aliphatic carbocycles. The number of nitrogens with zero attached hydrogens (tertiary/aromatic N) is 2. The van der Waals surface area contributed by atoms with Gasteiger partial charge in [-0.2, -0.15) is 0 Å². The maximum absolute atomic E-state index is 12.6. The van der Waals surface area contributed by atoms with Gasteiger partial charge in [0.25, 0.3) is 5.91 Å². The van der Waals surface area contributed by atoms with E-state index >= 15 is 0 Å².